The number of aryl methyl sites for hydroxylation is 2. The Morgan fingerprint density at radius 1 is 0.483 bits per heavy atom. The van der Waals surface area contributed by atoms with Crippen LogP contribution >= 0.6 is 23.5 Å². The third-order valence-corrected chi connectivity index (χ3v) is 12.0. The minimum atomic E-state index is 0.704. The molecule has 0 bridgehead atoms. The normalized spacial score (nSPS) is 11.3. The molecule has 0 fully saturated rings. The van der Waals surface area contributed by atoms with Gasteiger partial charge in [-0.15, -0.1) is 0 Å². The molecular formula is C48H34N8S2. The first kappa shape index (κ1) is 35.4. The van der Waals surface area contributed by atoms with Crippen molar-refractivity contribution in [1.82, 2.24) is 29.9 Å². The van der Waals surface area contributed by atoms with Gasteiger partial charge in [0.2, 0.25) is 0 Å². The summed E-state index contributed by atoms with van der Waals surface area (Å²) in [5.74, 6) is 6.94. The zero-order valence-electron chi connectivity index (χ0n) is 31.5. The van der Waals surface area contributed by atoms with Gasteiger partial charge in [-0.05, 0) is 135 Å². The lowest BCUT2D eigenvalue weighted by atomic mass is 10.1. The predicted octanol–water partition coefficient (Wildman–Crippen LogP) is 12.3. The molecule has 4 N–H and O–H groups in total. The van der Waals surface area contributed by atoms with Crippen molar-refractivity contribution in [2.24, 2.45) is 0 Å². The summed E-state index contributed by atoms with van der Waals surface area (Å²) in [5.41, 5.74) is 11.0. The van der Waals surface area contributed by atoms with Crippen LogP contribution in [0.25, 0.3) is 43.9 Å². The lowest BCUT2D eigenvalue weighted by Crippen LogP contribution is -1.97. The van der Waals surface area contributed by atoms with E-state index in [-0.39, 0.29) is 0 Å². The maximum absolute atomic E-state index is 4.67. The number of nitrogens with one attached hydrogen (secondary N) is 4. The van der Waals surface area contributed by atoms with Crippen LogP contribution in [0.15, 0.2) is 166 Å². The third kappa shape index (κ3) is 7.32. The summed E-state index contributed by atoms with van der Waals surface area (Å²) in [5, 5.41) is 11.7. The van der Waals surface area contributed by atoms with Crippen LogP contribution in [-0.4, -0.2) is 29.9 Å². The van der Waals surface area contributed by atoms with Crippen molar-refractivity contribution in [2.75, 3.05) is 10.6 Å². The highest BCUT2D eigenvalue weighted by Gasteiger charge is 2.13. The van der Waals surface area contributed by atoms with Crippen molar-refractivity contribution in [3.8, 4) is 11.8 Å². The molecule has 6 aromatic heterocycles. The van der Waals surface area contributed by atoms with Crippen molar-refractivity contribution in [3.63, 3.8) is 0 Å². The van der Waals surface area contributed by atoms with E-state index in [1.54, 1.807) is 35.9 Å². The lowest BCUT2D eigenvalue weighted by Gasteiger charge is -2.15. The number of rotatable bonds is 8. The second-order valence-electron chi connectivity index (χ2n) is 13.9. The Hall–Kier alpha value is -7.06. The molecule has 0 atom stereocenters. The maximum Gasteiger partial charge on any atom is 0.161 e. The van der Waals surface area contributed by atoms with Crippen molar-refractivity contribution >= 4 is 90.1 Å². The molecule has 0 radical (unpaired) electrons. The molecule has 6 heterocycles. The molecule has 0 aliphatic rings. The Kier molecular flexibility index (Phi) is 9.22. The van der Waals surface area contributed by atoms with Crippen LogP contribution < -0.4 is 10.6 Å². The standard InChI is InChI=1S/C48H34N8S2/c1-29-3-11-37-41(19-23-51-47(37)53-29)55-43-25-31(7-15-45(43)57-35-9-13-39-33(27-35)17-21-49-39)5-6-32-8-16-46(58-36-10-14-40-34(28-36)18-22-50-40)44(26-32)56-42-20-24-52-48-38(42)12-4-30(2)54-48/h3-4,7-28,49-50H,1-2H3,(H,51,53,55)(H,52,54,56). The van der Waals surface area contributed by atoms with Crippen molar-refractivity contribution < 1.29 is 0 Å². The molecule has 0 aliphatic carbocycles. The minimum absolute atomic E-state index is 0.704. The number of benzene rings is 4. The van der Waals surface area contributed by atoms with Gasteiger partial charge in [0.05, 0.1) is 22.7 Å². The van der Waals surface area contributed by atoms with Crippen LogP contribution in [0, 0.1) is 25.7 Å². The van der Waals surface area contributed by atoms with Crippen molar-refractivity contribution in [2.45, 2.75) is 33.4 Å². The summed E-state index contributed by atoms with van der Waals surface area (Å²) in [7, 11) is 0. The Balaban J connectivity index is 1.02. The van der Waals surface area contributed by atoms with Gasteiger partial charge in [-0.3, -0.25) is 0 Å². The number of fused-ring (bicyclic) bond motifs is 4. The van der Waals surface area contributed by atoms with Gasteiger partial charge in [0.15, 0.2) is 11.3 Å². The summed E-state index contributed by atoms with van der Waals surface area (Å²) < 4.78 is 0. The van der Waals surface area contributed by atoms with Crippen LogP contribution in [-0.2, 0) is 0 Å². The number of nitrogens with zero attached hydrogens (tertiary/aromatic N) is 4. The topological polar surface area (TPSA) is 107 Å². The Labute approximate surface area is 343 Å². The SMILES string of the molecule is Cc1ccc2c(Nc3cc(C#Cc4ccc(Sc5ccc6[nH]ccc6c5)c(Nc5ccnc6nc(C)ccc56)c4)ccc3Sc3ccc4[nH]ccc4c3)ccnc2n1. The molecule has 10 heteroatoms. The van der Waals surface area contributed by atoms with E-state index in [4.69, 9.17) is 0 Å². The molecule has 0 unspecified atom stereocenters. The lowest BCUT2D eigenvalue weighted by molar-refractivity contribution is 1.20. The predicted molar refractivity (Wildman–Crippen MR) is 239 cm³/mol. The molecule has 0 spiro atoms. The van der Waals surface area contributed by atoms with E-state index in [1.807, 2.05) is 50.5 Å². The monoisotopic (exact) mass is 786 g/mol. The summed E-state index contributed by atoms with van der Waals surface area (Å²) in [6, 6.07) is 42.0. The number of hydrogen-bond acceptors (Lipinski definition) is 8. The zero-order chi connectivity index (χ0) is 39.0. The van der Waals surface area contributed by atoms with E-state index in [0.717, 1.165) is 86.7 Å². The Bertz CT molecular complexity index is 3030. The largest absolute Gasteiger partial charge is 0.361 e. The van der Waals surface area contributed by atoms with Gasteiger partial charge in [-0.25, -0.2) is 19.9 Å². The molecule has 0 saturated carbocycles. The van der Waals surface area contributed by atoms with E-state index in [0.29, 0.717) is 11.3 Å². The van der Waals surface area contributed by atoms with Crippen LogP contribution in [0.2, 0.25) is 0 Å². The van der Waals surface area contributed by atoms with Gasteiger partial charge >= 0.3 is 0 Å². The number of aromatic amines is 2. The van der Waals surface area contributed by atoms with E-state index < -0.39 is 0 Å². The Morgan fingerprint density at radius 3 is 1.45 bits per heavy atom. The van der Waals surface area contributed by atoms with Crippen molar-refractivity contribution in [1.29, 1.82) is 0 Å². The molecule has 4 aromatic carbocycles. The quantitative estimate of drug-likeness (QED) is 0.113. The second kappa shape index (κ2) is 15.1. The molecule has 0 saturated heterocycles. The highest BCUT2D eigenvalue weighted by atomic mass is 32.2. The maximum atomic E-state index is 4.67. The first-order valence-electron chi connectivity index (χ1n) is 18.8. The number of anilines is 4. The van der Waals surface area contributed by atoms with E-state index >= 15 is 0 Å². The van der Waals surface area contributed by atoms with Gasteiger partial charge in [-0.1, -0.05) is 35.4 Å². The number of hydrogen-bond donors (Lipinski definition) is 4. The Morgan fingerprint density at radius 2 is 0.966 bits per heavy atom. The number of H-pyrrole nitrogens is 2. The van der Waals surface area contributed by atoms with E-state index in [2.05, 4.69) is 149 Å². The van der Waals surface area contributed by atoms with Crippen LogP contribution in [0.5, 0.6) is 0 Å². The van der Waals surface area contributed by atoms with Gasteiger partial charge in [0.25, 0.3) is 0 Å². The van der Waals surface area contributed by atoms with Crippen LogP contribution in [0.1, 0.15) is 22.5 Å². The third-order valence-electron chi connectivity index (χ3n) is 9.84. The fourth-order valence-electron chi connectivity index (χ4n) is 6.93. The molecule has 8 nitrogen and oxygen atoms in total. The summed E-state index contributed by atoms with van der Waals surface area (Å²) in [6.07, 6.45) is 7.54. The number of pyridine rings is 4. The highest BCUT2D eigenvalue weighted by molar-refractivity contribution is 7.99. The fourth-order valence-corrected chi connectivity index (χ4v) is 8.80. The average molecular weight is 787 g/mol. The van der Waals surface area contributed by atoms with Gasteiger partial charge in [-0.2, -0.15) is 0 Å². The van der Waals surface area contributed by atoms with E-state index in [9.17, 15) is 0 Å². The number of aromatic nitrogens is 6. The minimum Gasteiger partial charge on any atom is -0.361 e. The molecule has 278 valence electrons. The van der Waals surface area contributed by atoms with Crippen LogP contribution in [0.3, 0.4) is 0 Å². The van der Waals surface area contributed by atoms with Crippen LogP contribution in [0.4, 0.5) is 22.7 Å². The molecule has 58 heavy (non-hydrogen) atoms. The van der Waals surface area contributed by atoms with E-state index in [1.165, 1.54) is 10.8 Å². The first-order valence-corrected chi connectivity index (χ1v) is 20.4. The summed E-state index contributed by atoms with van der Waals surface area (Å²) in [4.78, 5) is 29.4. The van der Waals surface area contributed by atoms with Gasteiger partial charge in [0.1, 0.15) is 0 Å². The smallest absolute Gasteiger partial charge is 0.161 e. The average Bonchev–Trinajstić information content (AvgIpc) is 3.91. The first-order chi connectivity index (χ1) is 28.5. The molecule has 10 rings (SSSR count). The highest BCUT2D eigenvalue weighted by Crippen LogP contribution is 2.39. The second-order valence-corrected chi connectivity index (χ2v) is 16.2. The molecular weight excluding hydrogens is 753 g/mol. The fraction of sp³-hybridized carbons (Fsp3) is 0.0417. The van der Waals surface area contributed by atoms with Gasteiger partial charge in [0, 0.05) is 99.5 Å². The molecule has 0 aliphatic heterocycles. The van der Waals surface area contributed by atoms with Crippen molar-refractivity contribution in [3.05, 3.63) is 169 Å². The molecule has 10 aromatic rings. The molecule has 0 amide bonds. The summed E-state index contributed by atoms with van der Waals surface area (Å²) in [6.45, 7) is 3.96. The zero-order valence-corrected chi connectivity index (χ0v) is 33.1. The summed E-state index contributed by atoms with van der Waals surface area (Å²) >= 11 is 3.43. The van der Waals surface area contributed by atoms with Gasteiger partial charge < -0.3 is 20.6 Å².